The molecule has 0 aliphatic carbocycles. The quantitative estimate of drug-likeness (QED) is 0.697. The molecule has 1 saturated heterocycles. The number of morpholine rings is 1. The largest absolute Gasteiger partial charge is 0.495 e. The highest BCUT2D eigenvalue weighted by atomic mass is 35.5. The van der Waals surface area contributed by atoms with Gasteiger partial charge in [-0.05, 0) is 30.7 Å². The number of fused-ring (bicyclic) bond motifs is 1. The maximum absolute atomic E-state index is 13.0. The van der Waals surface area contributed by atoms with Gasteiger partial charge < -0.3 is 24.7 Å². The van der Waals surface area contributed by atoms with Gasteiger partial charge >= 0.3 is 0 Å². The molecule has 2 aromatic heterocycles. The fraction of sp³-hybridized carbons (Fsp3) is 0.300. The number of aromatic amines is 1. The monoisotopic (exact) mass is 400 g/mol. The summed E-state index contributed by atoms with van der Waals surface area (Å²) in [7, 11) is 1.60. The van der Waals surface area contributed by atoms with E-state index in [0.29, 0.717) is 54.1 Å². The Balaban J connectivity index is 1.74. The second-order valence-electron chi connectivity index (χ2n) is 6.62. The summed E-state index contributed by atoms with van der Waals surface area (Å²) in [6.07, 6.45) is 3.50. The van der Waals surface area contributed by atoms with Crippen LogP contribution in [-0.4, -0.2) is 54.2 Å². The Morgan fingerprint density at radius 2 is 2.14 bits per heavy atom. The molecule has 0 atom stereocenters. The molecule has 1 aliphatic heterocycles. The Hall–Kier alpha value is -2.77. The first-order valence-electron chi connectivity index (χ1n) is 9.02. The van der Waals surface area contributed by atoms with E-state index in [0.717, 1.165) is 16.5 Å². The van der Waals surface area contributed by atoms with Crippen molar-refractivity contribution >= 4 is 39.9 Å². The summed E-state index contributed by atoms with van der Waals surface area (Å²) in [6, 6.07) is 5.33. The van der Waals surface area contributed by atoms with E-state index in [1.807, 2.05) is 13.1 Å². The van der Waals surface area contributed by atoms with Crippen LogP contribution in [-0.2, 0) is 4.74 Å². The molecule has 4 rings (SSSR count). The van der Waals surface area contributed by atoms with E-state index in [4.69, 9.17) is 21.1 Å². The zero-order valence-electron chi connectivity index (χ0n) is 15.7. The Morgan fingerprint density at radius 1 is 1.36 bits per heavy atom. The molecule has 0 bridgehead atoms. The van der Waals surface area contributed by atoms with Crippen molar-refractivity contribution in [3.8, 4) is 5.75 Å². The van der Waals surface area contributed by atoms with Crippen LogP contribution in [0.4, 0.5) is 11.5 Å². The summed E-state index contributed by atoms with van der Waals surface area (Å²) in [5, 5.41) is 4.71. The van der Waals surface area contributed by atoms with Crippen LogP contribution in [0.2, 0.25) is 5.02 Å². The number of aromatic nitrogens is 2. The molecule has 0 saturated carbocycles. The number of rotatable bonds is 4. The number of H-pyrrole nitrogens is 1. The van der Waals surface area contributed by atoms with Gasteiger partial charge in [0.15, 0.2) is 5.82 Å². The highest BCUT2D eigenvalue weighted by Crippen LogP contribution is 2.34. The Morgan fingerprint density at radius 3 is 2.89 bits per heavy atom. The van der Waals surface area contributed by atoms with Crippen LogP contribution in [0.3, 0.4) is 0 Å². The van der Waals surface area contributed by atoms with Gasteiger partial charge in [-0.2, -0.15) is 0 Å². The smallest absolute Gasteiger partial charge is 0.256 e. The molecular formula is C20H21ClN4O3. The Labute approximate surface area is 167 Å². The molecule has 2 N–H and O–H groups in total. The Kier molecular flexibility index (Phi) is 5.11. The summed E-state index contributed by atoms with van der Waals surface area (Å²) < 4.78 is 10.7. The number of amides is 1. The predicted octanol–water partition coefficient (Wildman–Crippen LogP) is 3.75. The fourth-order valence-electron chi connectivity index (χ4n) is 3.41. The van der Waals surface area contributed by atoms with Crippen LogP contribution >= 0.6 is 11.6 Å². The molecule has 1 aromatic carbocycles. The van der Waals surface area contributed by atoms with Gasteiger partial charge in [0, 0.05) is 35.9 Å². The second-order valence-corrected chi connectivity index (χ2v) is 7.05. The van der Waals surface area contributed by atoms with Crippen LogP contribution in [0.1, 0.15) is 15.9 Å². The van der Waals surface area contributed by atoms with Crippen LogP contribution in [0, 0.1) is 6.92 Å². The maximum atomic E-state index is 13.0. The third-order valence-electron chi connectivity index (χ3n) is 4.85. The van der Waals surface area contributed by atoms with Gasteiger partial charge in [-0.15, -0.1) is 0 Å². The van der Waals surface area contributed by atoms with Crippen molar-refractivity contribution in [3.63, 3.8) is 0 Å². The average molecular weight is 401 g/mol. The molecule has 28 heavy (non-hydrogen) atoms. The molecule has 1 fully saturated rings. The molecule has 3 heterocycles. The minimum Gasteiger partial charge on any atom is -0.495 e. The molecular weight excluding hydrogens is 380 g/mol. The number of ether oxygens (including phenoxy) is 2. The number of halogens is 1. The number of hydrogen-bond acceptors (Lipinski definition) is 5. The van der Waals surface area contributed by atoms with E-state index in [-0.39, 0.29) is 5.91 Å². The fourth-order valence-corrected chi connectivity index (χ4v) is 3.59. The number of methoxy groups -OCH3 is 1. The maximum Gasteiger partial charge on any atom is 0.256 e. The zero-order chi connectivity index (χ0) is 19.7. The number of anilines is 2. The number of hydrogen-bond donors (Lipinski definition) is 2. The summed E-state index contributed by atoms with van der Waals surface area (Å²) in [6.45, 7) is 4.26. The summed E-state index contributed by atoms with van der Waals surface area (Å²) in [5.74, 6) is 1.22. The van der Waals surface area contributed by atoms with Crippen LogP contribution in [0.5, 0.6) is 5.75 Å². The van der Waals surface area contributed by atoms with Crippen molar-refractivity contribution in [1.29, 1.82) is 0 Å². The van der Waals surface area contributed by atoms with Crippen LogP contribution in [0.15, 0.2) is 30.6 Å². The summed E-state index contributed by atoms with van der Waals surface area (Å²) in [5.41, 5.74) is 3.02. The van der Waals surface area contributed by atoms with Gasteiger partial charge in [-0.25, -0.2) is 4.98 Å². The summed E-state index contributed by atoms with van der Waals surface area (Å²) in [4.78, 5) is 22.6. The lowest BCUT2D eigenvalue weighted by Crippen LogP contribution is -2.40. The van der Waals surface area contributed by atoms with Gasteiger partial charge in [0.25, 0.3) is 5.91 Å². The first kappa shape index (κ1) is 18.6. The normalized spacial score (nSPS) is 14.3. The average Bonchev–Trinajstić information content (AvgIpc) is 3.11. The van der Waals surface area contributed by atoms with Crippen molar-refractivity contribution in [1.82, 2.24) is 14.9 Å². The lowest BCUT2D eigenvalue weighted by Gasteiger charge is -2.27. The number of nitrogens with one attached hydrogen (secondary N) is 2. The number of carbonyl (C=O) groups excluding carboxylic acids is 1. The number of aryl methyl sites for hydroxylation is 1. The first-order valence-corrected chi connectivity index (χ1v) is 9.40. The van der Waals surface area contributed by atoms with Crippen molar-refractivity contribution in [2.45, 2.75) is 6.92 Å². The van der Waals surface area contributed by atoms with Crippen molar-refractivity contribution < 1.29 is 14.3 Å². The van der Waals surface area contributed by atoms with Crippen molar-refractivity contribution in [2.75, 3.05) is 38.7 Å². The molecule has 7 nitrogen and oxygen atoms in total. The molecule has 146 valence electrons. The van der Waals surface area contributed by atoms with Gasteiger partial charge in [-0.3, -0.25) is 4.79 Å². The second kappa shape index (κ2) is 7.69. The van der Waals surface area contributed by atoms with E-state index in [1.165, 1.54) is 0 Å². The van der Waals surface area contributed by atoms with E-state index in [1.54, 1.807) is 36.4 Å². The molecule has 1 aliphatic rings. The number of pyridine rings is 1. The molecule has 0 spiro atoms. The SMILES string of the molecule is COc1ccc(Cl)cc1Nc1ncc(C(=O)N2CCOCC2)c2c(C)c[nH]c12. The lowest BCUT2D eigenvalue weighted by molar-refractivity contribution is 0.0304. The topological polar surface area (TPSA) is 79.5 Å². The molecule has 1 amide bonds. The molecule has 0 radical (unpaired) electrons. The van der Waals surface area contributed by atoms with E-state index in [9.17, 15) is 4.79 Å². The summed E-state index contributed by atoms with van der Waals surface area (Å²) >= 11 is 6.13. The van der Waals surface area contributed by atoms with Gasteiger partial charge in [-0.1, -0.05) is 11.6 Å². The van der Waals surface area contributed by atoms with Gasteiger partial charge in [0.1, 0.15) is 5.75 Å². The van der Waals surface area contributed by atoms with Gasteiger partial charge in [0.05, 0.1) is 37.1 Å². The highest BCUT2D eigenvalue weighted by molar-refractivity contribution is 6.31. The minimum absolute atomic E-state index is 0.0320. The highest BCUT2D eigenvalue weighted by Gasteiger charge is 2.23. The third-order valence-corrected chi connectivity index (χ3v) is 5.08. The molecule has 0 unspecified atom stereocenters. The van der Waals surface area contributed by atoms with E-state index < -0.39 is 0 Å². The van der Waals surface area contributed by atoms with E-state index >= 15 is 0 Å². The van der Waals surface area contributed by atoms with E-state index in [2.05, 4.69) is 15.3 Å². The molecule has 3 aromatic rings. The third kappa shape index (κ3) is 3.39. The molecule has 8 heteroatoms. The number of nitrogens with zero attached hydrogens (tertiary/aromatic N) is 2. The number of carbonyl (C=O) groups is 1. The van der Waals surface area contributed by atoms with Crippen LogP contribution < -0.4 is 10.1 Å². The first-order chi connectivity index (χ1) is 13.6. The predicted molar refractivity (Wildman–Crippen MR) is 109 cm³/mol. The standard InChI is InChI=1S/C20H21ClN4O3/c1-12-10-22-18-17(12)14(20(26)25-5-7-28-8-6-25)11-23-19(18)24-15-9-13(21)3-4-16(15)27-2/h3-4,9-11,22H,5-8H2,1-2H3,(H,23,24). The van der Waals surface area contributed by atoms with Crippen molar-refractivity contribution in [2.24, 2.45) is 0 Å². The zero-order valence-corrected chi connectivity index (χ0v) is 16.5. The number of benzene rings is 1. The lowest BCUT2D eigenvalue weighted by atomic mass is 10.1. The van der Waals surface area contributed by atoms with Crippen LogP contribution in [0.25, 0.3) is 10.9 Å². The van der Waals surface area contributed by atoms with Crippen molar-refractivity contribution in [3.05, 3.63) is 46.7 Å². The Bertz CT molecular complexity index is 1030. The van der Waals surface area contributed by atoms with Gasteiger partial charge in [0.2, 0.25) is 0 Å². The minimum atomic E-state index is -0.0320.